The highest BCUT2D eigenvalue weighted by molar-refractivity contribution is 7.48. The topological polar surface area (TPSA) is 0 Å². The molecule has 0 amide bonds. The molecule has 0 atom stereocenters. The molecule has 0 aromatic carbocycles. The van der Waals surface area contributed by atoms with Crippen molar-refractivity contribution in [3.05, 3.63) is 11.3 Å². The van der Waals surface area contributed by atoms with Crippen molar-refractivity contribution < 1.29 is 0 Å². The van der Waals surface area contributed by atoms with Crippen molar-refractivity contribution in [2.24, 2.45) is 0 Å². The Morgan fingerprint density at radius 1 is 1.40 bits per heavy atom. The molecule has 0 nitrogen and oxygen atoms in total. The standard InChI is InChI=1S/C7H12Cl2Si/c1-10(8,9)7-5-3-2-4-6-7/h5H,2-4,6H2,1H3. The lowest BCUT2D eigenvalue weighted by atomic mass is 10.1. The van der Waals surface area contributed by atoms with Gasteiger partial charge in [-0.2, -0.15) is 0 Å². The Kier molecular flexibility index (Phi) is 2.84. The largest absolute Gasteiger partial charge is 0.273 e. The lowest BCUT2D eigenvalue weighted by Crippen LogP contribution is -2.19. The molecule has 3 heteroatoms. The van der Waals surface area contributed by atoms with Crippen LogP contribution in [0.2, 0.25) is 6.55 Å². The van der Waals surface area contributed by atoms with Gasteiger partial charge in [0, 0.05) is 0 Å². The summed E-state index contributed by atoms with van der Waals surface area (Å²) >= 11 is 12.1. The second kappa shape index (κ2) is 3.29. The van der Waals surface area contributed by atoms with Gasteiger partial charge >= 0.3 is 0 Å². The quantitative estimate of drug-likeness (QED) is 0.443. The number of hydrogen-bond acceptors (Lipinski definition) is 0. The molecule has 0 aromatic rings. The van der Waals surface area contributed by atoms with Gasteiger partial charge in [0.15, 0.2) is 0 Å². The Bertz CT molecular complexity index is 146. The van der Waals surface area contributed by atoms with Crippen molar-refractivity contribution in [1.29, 1.82) is 0 Å². The Morgan fingerprint density at radius 3 is 2.40 bits per heavy atom. The van der Waals surface area contributed by atoms with Crippen LogP contribution in [0.25, 0.3) is 0 Å². The zero-order valence-electron chi connectivity index (χ0n) is 6.16. The molecule has 0 saturated carbocycles. The molecular formula is C7H12Cl2Si. The Morgan fingerprint density at radius 2 is 2.10 bits per heavy atom. The van der Waals surface area contributed by atoms with E-state index >= 15 is 0 Å². The number of halogens is 2. The van der Waals surface area contributed by atoms with Crippen LogP contribution >= 0.6 is 22.2 Å². The number of allylic oxidation sites excluding steroid dienone is 2. The maximum Gasteiger partial charge on any atom is 0.273 e. The van der Waals surface area contributed by atoms with Crippen LogP contribution in [0.1, 0.15) is 25.7 Å². The minimum atomic E-state index is -1.95. The molecule has 1 aliphatic rings. The minimum absolute atomic E-state index is 1.13. The van der Waals surface area contributed by atoms with Crippen molar-refractivity contribution in [2.45, 2.75) is 32.2 Å². The van der Waals surface area contributed by atoms with Gasteiger partial charge in [-0.25, -0.2) is 0 Å². The van der Waals surface area contributed by atoms with E-state index in [-0.39, 0.29) is 0 Å². The average molecular weight is 195 g/mol. The van der Waals surface area contributed by atoms with E-state index in [0.29, 0.717) is 0 Å². The van der Waals surface area contributed by atoms with Crippen LogP contribution in [-0.2, 0) is 0 Å². The Hall–Kier alpha value is 0.537. The summed E-state index contributed by atoms with van der Waals surface area (Å²) in [7, 11) is 0. The van der Waals surface area contributed by atoms with Gasteiger partial charge in [0.05, 0.1) is 0 Å². The van der Waals surface area contributed by atoms with Crippen LogP contribution < -0.4 is 0 Å². The molecule has 0 unspecified atom stereocenters. The summed E-state index contributed by atoms with van der Waals surface area (Å²) in [6.07, 6.45) is 7.12. The molecule has 0 bridgehead atoms. The smallest absolute Gasteiger partial charge is 0.140 e. The van der Waals surface area contributed by atoms with Crippen LogP contribution in [0.15, 0.2) is 11.3 Å². The molecule has 10 heavy (non-hydrogen) atoms. The van der Waals surface area contributed by atoms with Gasteiger partial charge in [-0.3, -0.25) is 0 Å². The summed E-state index contributed by atoms with van der Waals surface area (Å²) in [4.78, 5) is 0. The first-order valence-corrected chi connectivity index (χ1v) is 8.20. The zero-order valence-corrected chi connectivity index (χ0v) is 8.67. The zero-order chi connectivity index (χ0) is 7.61. The van der Waals surface area contributed by atoms with Crippen LogP contribution in [-0.4, -0.2) is 6.69 Å². The molecule has 0 aromatic heterocycles. The van der Waals surface area contributed by atoms with Crippen molar-refractivity contribution in [2.75, 3.05) is 0 Å². The summed E-state index contributed by atoms with van der Waals surface area (Å²) in [6.45, 7) is 0.0286. The fourth-order valence-corrected chi connectivity index (χ4v) is 3.39. The first-order chi connectivity index (χ1) is 4.61. The Labute approximate surface area is 72.6 Å². The van der Waals surface area contributed by atoms with Crippen LogP contribution in [0.4, 0.5) is 0 Å². The monoisotopic (exact) mass is 194 g/mol. The van der Waals surface area contributed by atoms with E-state index in [1.165, 1.54) is 24.5 Å². The van der Waals surface area contributed by atoms with E-state index in [2.05, 4.69) is 6.08 Å². The summed E-state index contributed by atoms with van der Waals surface area (Å²) < 4.78 is 0. The van der Waals surface area contributed by atoms with Crippen LogP contribution in [0, 0.1) is 0 Å². The first kappa shape index (κ1) is 8.63. The third-order valence-electron chi connectivity index (χ3n) is 1.85. The van der Waals surface area contributed by atoms with Crippen molar-refractivity contribution in [3.63, 3.8) is 0 Å². The minimum Gasteiger partial charge on any atom is -0.140 e. The van der Waals surface area contributed by atoms with Gasteiger partial charge < -0.3 is 0 Å². The second-order valence-electron chi connectivity index (χ2n) is 2.86. The molecule has 0 spiro atoms. The van der Waals surface area contributed by atoms with E-state index < -0.39 is 6.69 Å². The third kappa shape index (κ3) is 2.29. The fourth-order valence-electron chi connectivity index (χ4n) is 1.24. The van der Waals surface area contributed by atoms with Gasteiger partial charge in [0.25, 0.3) is 6.69 Å². The van der Waals surface area contributed by atoms with Crippen LogP contribution in [0.5, 0.6) is 0 Å². The van der Waals surface area contributed by atoms with E-state index in [4.69, 9.17) is 22.2 Å². The highest BCUT2D eigenvalue weighted by Crippen LogP contribution is 2.31. The lowest BCUT2D eigenvalue weighted by molar-refractivity contribution is 0.719. The molecule has 0 N–H and O–H groups in total. The van der Waals surface area contributed by atoms with Crippen LogP contribution in [0.3, 0.4) is 0 Å². The van der Waals surface area contributed by atoms with Gasteiger partial charge in [-0.05, 0) is 32.2 Å². The molecular weight excluding hydrogens is 183 g/mol. The summed E-state index contributed by atoms with van der Waals surface area (Å²) in [6, 6.07) is 0. The first-order valence-electron chi connectivity index (χ1n) is 3.68. The molecule has 0 fully saturated rings. The predicted molar refractivity (Wildman–Crippen MR) is 49.9 cm³/mol. The maximum absolute atomic E-state index is 6.05. The molecule has 0 heterocycles. The van der Waals surface area contributed by atoms with Crippen molar-refractivity contribution in [3.8, 4) is 0 Å². The number of rotatable bonds is 1. The molecule has 1 aliphatic carbocycles. The maximum atomic E-state index is 6.05. The molecule has 58 valence electrons. The summed E-state index contributed by atoms with van der Waals surface area (Å²) in [5, 5.41) is 1.34. The van der Waals surface area contributed by atoms with E-state index in [1.807, 2.05) is 6.55 Å². The predicted octanol–water partition coefficient (Wildman–Crippen LogP) is 3.58. The van der Waals surface area contributed by atoms with Crippen molar-refractivity contribution >= 4 is 28.9 Å². The lowest BCUT2D eigenvalue weighted by Gasteiger charge is -2.18. The SMILES string of the molecule is C[Si](Cl)(Cl)C1=CCCCC1. The number of hydrogen-bond donors (Lipinski definition) is 0. The molecule has 0 saturated heterocycles. The molecule has 1 rings (SSSR count). The van der Waals surface area contributed by atoms with Gasteiger partial charge in [-0.1, -0.05) is 11.3 Å². The summed E-state index contributed by atoms with van der Waals surface area (Å²) in [5.74, 6) is 0. The van der Waals surface area contributed by atoms with Crippen molar-refractivity contribution in [1.82, 2.24) is 0 Å². The van der Waals surface area contributed by atoms with E-state index in [0.717, 1.165) is 6.42 Å². The van der Waals surface area contributed by atoms with Gasteiger partial charge in [0.2, 0.25) is 0 Å². The average Bonchev–Trinajstić information content (AvgIpc) is 1.88. The summed E-state index contributed by atoms with van der Waals surface area (Å²) in [5.41, 5.74) is 0. The van der Waals surface area contributed by atoms with E-state index in [1.54, 1.807) is 0 Å². The fraction of sp³-hybridized carbons (Fsp3) is 0.714. The highest BCUT2D eigenvalue weighted by Gasteiger charge is 2.26. The third-order valence-corrected chi connectivity index (χ3v) is 4.89. The van der Waals surface area contributed by atoms with Gasteiger partial charge in [0.1, 0.15) is 0 Å². The second-order valence-corrected chi connectivity index (χ2v) is 10.4. The van der Waals surface area contributed by atoms with Gasteiger partial charge in [-0.15, -0.1) is 22.2 Å². The highest BCUT2D eigenvalue weighted by atomic mass is 35.7. The normalized spacial score (nSPS) is 20.5. The molecule has 0 radical (unpaired) electrons. The van der Waals surface area contributed by atoms with E-state index in [9.17, 15) is 0 Å². The molecule has 0 aliphatic heterocycles. The Balaban J connectivity index is 2.62.